The van der Waals surface area contributed by atoms with Gasteiger partial charge in [0.25, 0.3) is 0 Å². The molecule has 98 valence electrons. The molecule has 1 heterocycles. The normalized spacial score (nSPS) is 14.8. The smallest absolute Gasteiger partial charge is 0.0141 e. The summed E-state index contributed by atoms with van der Waals surface area (Å²) in [6, 6.07) is 5.24. The zero-order valence-electron chi connectivity index (χ0n) is 11.8. The highest BCUT2D eigenvalue weighted by atomic mass is 32.1. The lowest BCUT2D eigenvalue weighted by Crippen LogP contribution is -2.37. The Morgan fingerprint density at radius 2 is 1.88 bits per heavy atom. The maximum absolute atomic E-state index is 3.70. The van der Waals surface area contributed by atoms with Gasteiger partial charge in [-0.25, -0.2) is 0 Å². The molecule has 1 rings (SSSR count). The molecule has 0 spiro atoms. The summed E-state index contributed by atoms with van der Waals surface area (Å²) in [5.74, 6) is 0.758. The zero-order chi connectivity index (χ0) is 12.7. The maximum Gasteiger partial charge on any atom is 0.0141 e. The molecule has 0 amide bonds. The van der Waals surface area contributed by atoms with E-state index in [0.717, 1.165) is 12.5 Å². The Bertz CT molecular complexity index is 306. The molecule has 0 saturated carbocycles. The van der Waals surface area contributed by atoms with Crippen LogP contribution < -0.4 is 5.32 Å². The van der Waals surface area contributed by atoms with Crippen molar-refractivity contribution in [3.05, 3.63) is 21.9 Å². The third-order valence-electron chi connectivity index (χ3n) is 3.47. The predicted octanol–water partition coefficient (Wildman–Crippen LogP) is 4.27. The van der Waals surface area contributed by atoms with Crippen molar-refractivity contribution in [2.45, 2.75) is 59.4 Å². The van der Waals surface area contributed by atoms with E-state index in [0.29, 0.717) is 6.04 Å². The lowest BCUT2D eigenvalue weighted by atomic mass is 9.95. The number of aryl methyl sites for hydroxylation is 1. The number of thiophene rings is 1. The van der Waals surface area contributed by atoms with E-state index in [4.69, 9.17) is 0 Å². The van der Waals surface area contributed by atoms with Crippen molar-refractivity contribution in [3.63, 3.8) is 0 Å². The van der Waals surface area contributed by atoms with Gasteiger partial charge in [-0.1, -0.05) is 34.1 Å². The number of rotatable bonds is 8. The van der Waals surface area contributed by atoms with Crippen LogP contribution in [0.25, 0.3) is 0 Å². The van der Waals surface area contributed by atoms with Gasteiger partial charge >= 0.3 is 0 Å². The average Bonchev–Trinajstić information content (AvgIpc) is 2.81. The van der Waals surface area contributed by atoms with Gasteiger partial charge in [-0.15, -0.1) is 11.3 Å². The molecule has 0 aliphatic rings. The van der Waals surface area contributed by atoms with E-state index >= 15 is 0 Å². The van der Waals surface area contributed by atoms with Crippen LogP contribution in [0.5, 0.6) is 0 Å². The van der Waals surface area contributed by atoms with Crippen LogP contribution >= 0.6 is 11.3 Å². The summed E-state index contributed by atoms with van der Waals surface area (Å²) in [4.78, 5) is 3.05. The minimum atomic E-state index is 0.642. The van der Waals surface area contributed by atoms with Crippen molar-refractivity contribution < 1.29 is 0 Å². The van der Waals surface area contributed by atoms with Crippen LogP contribution in [0.4, 0.5) is 0 Å². The highest BCUT2D eigenvalue weighted by molar-refractivity contribution is 7.11. The van der Waals surface area contributed by atoms with E-state index in [1.54, 1.807) is 0 Å². The Balaban J connectivity index is 2.57. The van der Waals surface area contributed by atoms with E-state index < -0.39 is 0 Å². The minimum Gasteiger partial charge on any atom is -0.313 e. The molecule has 17 heavy (non-hydrogen) atoms. The molecule has 2 unspecified atom stereocenters. The van der Waals surface area contributed by atoms with E-state index in [-0.39, 0.29) is 0 Å². The van der Waals surface area contributed by atoms with Crippen LogP contribution in [0.15, 0.2) is 12.1 Å². The summed E-state index contributed by atoms with van der Waals surface area (Å²) in [6.07, 6.45) is 4.84. The Labute approximate surface area is 111 Å². The fourth-order valence-corrected chi connectivity index (χ4v) is 3.04. The van der Waals surface area contributed by atoms with Gasteiger partial charge in [-0.2, -0.15) is 0 Å². The SMILES string of the molecule is CCCNC(Cc1ccc(CC)s1)C(C)CC. The van der Waals surface area contributed by atoms with Crippen molar-refractivity contribution in [2.75, 3.05) is 6.54 Å². The molecule has 0 aliphatic heterocycles. The summed E-state index contributed by atoms with van der Waals surface area (Å²) in [6.45, 7) is 10.3. The lowest BCUT2D eigenvalue weighted by molar-refractivity contribution is 0.366. The molecular formula is C15H27NS. The van der Waals surface area contributed by atoms with Crippen molar-refractivity contribution in [3.8, 4) is 0 Å². The van der Waals surface area contributed by atoms with Gasteiger partial charge in [0.15, 0.2) is 0 Å². The van der Waals surface area contributed by atoms with Gasteiger partial charge in [0, 0.05) is 15.8 Å². The molecule has 2 heteroatoms. The molecule has 1 N–H and O–H groups in total. The highest BCUT2D eigenvalue weighted by Gasteiger charge is 2.16. The van der Waals surface area contributed by atoms with Crippen LogP contribution in [0.2, 0.25) is 0 Å². The summed E-state index contributed by atoms with van der Waals surface area (Å²) >= 11 is 1.98. The van der Waals surface area contributed by atoms with Gasteiger partial charge in [0.1, 0.15) is 0 Å². The second kappa shape index (κ2) is 7.88. The maximum atomic E-state index is 3.70. The van der Waals surface area contributed by atoms with Crippen LogP contribution in [0.3, 0.4) is 0 Å². The second-order valence-corrected chi connectivity index (χ2v) is 6.12. The third kappa shape index (κ3) is 4.81. The molecule has 0 bridgehead atoms. The standard InChI is InChI=1S/C15H27NS/c1-5-10-16-15(12(4)6-2)11-14-9-8-13(7-3)17-14/h8-9,12,15-16H,5-7,10-11H2,1-4H3. The molecule has 0 aliphatic carbocycles. The first-order valence-corrected chi connectivity index (χ1v) is 7.83. The fraction of sp³-hybridized carbons (Fsp3) is 0.733. The molecule has 1 nitrogen and oxygen atoms in total. The number of hydrogen-bond acceptors (Lipinski definition) is 2. The van der Waals surface area contributed by atoms with Gasteiger partial charge < -0.3 is 5.32 Å². The molecule has 0 fully saturated rings. The molecule has 1 aromatic rings. The van der Waals surface area contributed by atoms with E-state index in [1.165, 1.54) is 35.4 Å². The summed E-state index contributed by atoms with van der Waals surface area (Å²) < 4.78 is 0. The molecule has 1 aromatic heterocycles. The van der Waals surface area contributed by atoms with Gasteiger partial charge in [0.2, 0.25) is 0 Å². The van der Waals surface area contributed by atoms with Crippen molar-refractivity contribution >= 4 is 11.3 Å². The van der Waals surface area contributed by atoms with Crippen molar-refractivity contribution in [2.24, 2.45) is 5.92 Å². The van der Waals surface area contributed by atoms with Gasteiger partial charge in [-0.05, 0) is 43.9 Å². The average molecular weight is 253 g/mol. The molecule has 2 atom stereocenters. The first-order chi connectivity index (χ1) is 8.21. The zero-order valence-corrected chi connectivity index (χ0v) is 12.6. The van der Waals surface area contributed by atoms with E-state index in [1.807, 2.05) is 11.3 Å². The van der Waals surface area contributed by atoms with Crippen LogP contribution in [-0.2, 0) is 12.8 Å². The van der Waals surface area contributed by atoms with Crippen LogP contribution in [0, 0.1) is 5.92 Å². The predicted molar refractivity (Wildman–Crippen MR) is 78.9 cm³/mol. The Morgan fingerprint density at radius 1 is 1.18 bits per heavy atom. The minimum absolute atomic E-state index is 0.642. The topological polar surface area (TPSA) is 12.0 Å². The highest BCUT2D eigenvalue weighted by Crippen LogP contribution is 2.21. The van der Waals surface area contributed by atoms with Crippen molar-refractivity contribution in [1.29, 1.82) is 0 Å². The van der Waals surface area contributed by atoms with E-state index in [9.17, 15) is 0 Å². The lowest BCUT2D eigenvalue weighted by Gasteiger charge is -2.23. The first-order valence-electron chi connectivity index (χ1n) is 7.02. The first kappa shape index (κ1) is 14.7. The fourth-order valence-electron chi connectivity index (χ4n) is 2.03. The Hall–Kier alpha value is -0.340. The molecular weight excluding hydrogens is 226 g/mol. The Kier molecular flexibility index (Phi) is 6.83. The van der Waals surface area contributed by atoms with Gasteiger partial charge in [0.05, 0.1) is 0 Å². The van der Waals surface area contributed by atoms with Crippen LogP contribution in [-0.4, -0.2) is 12.6 Å². The van der Waals surface area contributed by atoms with Gasteiger partial charge in [-0.3, -0.25) is 0 Å². The van der Waals surface area contributed by atoms with E-state index in [2.05, 4.69) is 45.1 Å². The Morgan fingerprint density at radius 3 is 2.41 bits per heavy atom. The summed E-state index contributed by atoms with van der Waals surface area (Å²) in [5.41, 5.74) is 0. The number of hydrogen-bond donors (Lipinski definition) is 1. The monoisotopic (exact) mass is 253 g/mol. The number of nitrogens with one attached hydrogen (secondary N) is 1. The third-order valence-corrected chi connectivity index (χ3v) is 4.73. The summed E-state index contributed by atoms with van der Waals surface area (Å²) in [7, 11) is 0. The molecule has 0 aromatic carbocycles. The molecule has 0 saturated heterocycles. The van der Waals surface area contributed by atoms with Crippen molar-refractivity contribution in [1.82, 2.24) is 5.32 Å². The quantitative estimate of drug-likeness (QED) is 0.729. The molecule has 0 radical (unpaired) electrons. The largest absolute Gasteiger partial charge is 0.313 e. The van der Waals surface area contributed by atoms with Crippen LogP contribution in [0.1, 0.15) is 50.3 Å². The summed E-state index contributed by atoms with van der Waals surface area (Å²) in [5, 5.41) is 3.70. The second-order valence-electron chi connectivity index (χ2n) is 4.87.